The van der Waals surface area contributed by atoms with Crippen molar-refractivity contribution in [2.75, 3.05) is 30.3 Å². The van der Waals surface area contributed by atoms with Crippen molar-refractivity contribution in [2.45, 2.75) is 64.6 Å². The number of hydrogen-bond donors (Lipinski definition) is 1. The SMILES string of the molecule is CCS(=O)(=NC(=O)OC(C)(C)C)c1ccc(N2CC(CN=O)(C(N)=O)C2)c(-c2cc3ccccc3n2C(=O)OC(C)(C)C)c1. The van der Waals surface area contributed by atoms with Gasteiger partial charge < -0.3 is 20.1 Å². The number of primary amides is 1. The highest BCUT2D eigenvalue weighted by Gasteiger charge is 2.49. The van der Waals surface area contributed by atoms with Crippen LogP contribution in [0.1, 0.15) is 48.5 Å². The minimum absolute atomic E-state index is 0.0135. The molecule has 2 aromatic carbocycles. The van der Waals surface area contributed by atoms with E-state index in [1.54, 1.807) is 78.8 Å². The quantitative estimate of drug-likeness (QED) is 0.316. The Hall–Kier alpha value is -4.26. The van der Waals surface area contributed by atoms with Crippen LogP contribution in [0.5, 0.6) is 0 Å². The largest absolute Gasteiger partial charge is 0.443 e. The average Bonchev–Trinajstić information content (AvgIpc) is 3.27. The van der Waals surface area contributed by atoms with Crippen LogP contribution < -0.4 is 10.6 Å². The fourth-order valence-electron chi connectivity index (χ4n) is 5.05. The number of aromatic nitrogens is 1. The number of amides is 2. The number of nitrogens with two attached hydrogens (primary N) is 1. The van der Waals surface area contributed by atoms with Crippen LogP contribution in [-0.4, -0.2) is 63.5 Å². The molecule has 0 bridgehead atoms. The van der Waals surface area contributed by atoms with Crippen molar-refractivity contribution in [3.63, 3.8) is 0 Å². The minimum atomic E-state index is -3.30. The maximum absolute atomic E-state index is 14.2. The lowest BCUT2D eigenvalue weighted by molar-refractivity contribution is -0.128. The van der Waals surface area contributed by atoms with Gasteiger partial charge in [0.2, 0.25) is 5.91 Å². The number of carbonyl (C=O) groups excluding carboxylic acids is 3. The van der Waals surface area contributed by atoms with E-state index >= 15 is 0 Å². The summed E-state index contributed by atoms with van der Waals surface area (Å²) in [5.41, 5.74) is 4.95. The highest BCUT2D eigenvalue weighted by atomic mass is 32.2. The van der Waals surface area contributed by atoms with Crippen LogP contribution in [0.15, 0.2) is 63.0 Å². The Labute approximate surface area is 257 Å². The van der Waals surface area contributed by atoms with Crippen LogP contribution in [0.4, 0.5) is 15.3 Å². The Kier molecular flexibility index (Phi) is 8.67. The third kappa shape index (κ3) is 6.62. The third-order valence-corrected chi connectivity index (χ3v) is 9.34. The van der Waals surface area contributed by atoms with Gasteiger partial charge in [-0.25, -0.2) is 18.4 Å². The lowest BCUT2D eigenvalue weighted by Crippen LogP contribution is -2.64. The molecule has 0 saturated carbocycles. The van der Waals surface area contributed by atoms with E-state index in [4.69, 9.17) is 15.2 Å². The molecule has 1 aliphatic rings. The van der Waals surface area contributed by atoms with Crippen LogP contribution in [0.3, 0.4) is 0 Å². The number of nitrogens with zero attached hydrogens (tertiary/aromatic N) is 4. The molecular formula is C31H39N5O7S. The molecule has 1 atom stereocenters. The third-order valence-electron chi connectivity index (χ3n) is 7.12. The number of fused-ring (bicyclic) bond motifs is 1. The monoisotopic (exact) mass is 625 g/mol. The van der Waals surface area contributed by atoms with Gasteiger partial charge in [-0.1, -0.05) is 30.3 Å². The smallest absolute Gasteiger partial charge is 0.442 e. The first-order valence-electron chi connectivity index (χ1n) is 14.2. The van der Waals surface area contributed by atoms with Crippen molar-refractivity contribution in [3.8, 4) is 11.3 Å². The Bertz CT molecular complexity index is 1750. The highest BCUT2D eigenvalue weighted by molar-refractivity contribution is 7.93. The van der Waals surface area contributed by atoms with E-state index in [-0.39, 0.29) is 30.3 Å². The molecule has 0 radical (unpaired) electrons. The number of carbonyl (C=O) groups is 3. The van der Waals surface area contributed by atoms with Gasteiger partial charge in [0.05, 0.1) is 27.5 Å². The molecule has 236 valence electrons. The first-order chi connectivity index (χ1) is 20.4. The van der Waals surface area contributed by atoms with Crippen molar-refractivity contribution in [2.24, 2.45) is 20.7 Å². The Morgan fingerprint density at radius 3 is 2.18 bits per heavy atom. The number of hydrogen-bond acceptors (Lipinski definition) is 9. The number of nitroso groups, excluding NO2 is 1. The zero-order valence-electron chi connectivity index (χ0n) is 26.1. The number of rotatable bonds is 7. The summed E-state index contributed by atoms with van der Waals surface area (Å²) in [5, 5.41) is 3.68. The zero-order valence-corrected chi connectivity index (χ0v) is 26.9. The lowest BCUT2D eigenvalue weighted by atomic mass is 9.78. The molecule has 2 N–H and O–H groups in total. The average molecular weight is 626 g/mol. The number of para-hydroxylation sites is 1. The van der Waals surface area contributed by atoms with E-state index in [0.717, 1.165) is 5.39 Å². The van der Waals surface area contributed by atoms with Crippen LogP contribution >= 0.6 is 0 Å². The van der Waals surface area contributed by atoms with Gasteiger partial charge >= 0.3 is 12.2 Å². The van der Waals surface area contributed by atoms with E-state index < -0.39 is 44.4 Å². The van der Waals surface area contributed by atoms with E-state index in [1.807, 2.05) is 23.1 Å². The maximum atomic E-state index is 14.2. The second-order valence-corrected chi connectivity index (χ2v) is 15.4. The summed E-state index contributed by atoms with van der Waals surface area (Å²) in [6, 6.07) is 14.0. The molecular weight excluding hydrogens is 586 g/mol. The Balaban J connectivity index is 1.97. The summed E-state index contributed by atoms with van der Waals surface area (Å²) in [4.78, 5) is 51.8. The standard InChI is InChI=1S/C31H39N5O7S/c1-8-44(41,34-27(38)42-29(2,3)4)21-13-14-24(35-18-31(19-35,17-33-40)26(32)37)22(16-21)25-15-20-11-9-10-12-23(20)36(25)28(39)43-30(5,6)7/h9-16H,8,17-19H2,1-7H3,(H2,32,37). The van der Waals surface area contributed by atoms with Crippen LogP contribution in [0, 0.1) is 10.3 Å². The summed E-state index contributed by atoms with van der Waals surface area (Å²) in [6.07, 6.45) is -1.58. The molecule has 0 spiro atoms. The van der Waals surface area contributed by atoms with Gasteiger partial charge in [-0.15, -0.1) is 4.36 Å². The Morgan fingerprint density at radius 1 is 0.977 bits per heavy atom. The van der Waals surface area contributed by atoms with Crippen LogP contribution in [0.25, 0.3) is 22.2 Å². The van der Waals surface area contributed by atoms with E-state index in [1.165, 1.54) is 4.57 Å². The highest BCUT2D eigenvalue weighted by Crippen LogP contribution is 2.43. The molecule has 1 saturated heterocycles. The summed E-state index contributed by atoms with van der Waals surface area (Å²) in [5.74, 6) is -0.626. The van der Waals surface area contributed by atoms with E-state index in [0.29, 0.717) is 22.5 Å². The van der Waals surface area contributed by atoms with Crippen molar-refractivity contribution in [1.82, 2.24) is 4.57 Å². The first kappa shape index (κ1) is 32.6. The topological polar surface area (TPSA) is 163 Å². The molecule has 1 aliphatic heterocycles. The molecule has 1 unspecified atom stereocenters. The normalized spacial score (nSPS) is 16.0. The minimum Gasteiger partial charge on any atom is -0.443 e. The van der Waals surface area contributed by atoms with Gasteiger partial charge in [0.25, 0.3) is 0 Å². The predicted octanol–water partition coefficient (Wildman–Crippen LogP) is 5.93. The van der Waals surface area contributed by atoms with Crippen molar-refractivity contribution in [1.29, 1.82) is 0 Å². The summed E-state index contributed by atoms with van der Waals surface area (Å²) in [7, 11) is -3.30. The van der Waals surface area contributed by atoms with Crippen LogP contribution in [0.2, 0.25) is 0 Å². The molecule has 13 heteroatoms. The number of anilines is 1. The maximum Gasteiger partial charge on any atom is 0.442 e. The van der Waals surface area contributed by atoms with Gasteiger partial charge in [-0.2, -0.15) is 4.91 Å². The van der Waals surface area contributed by atoms with Crippen molar-refractivity contribution in [3.05, 3.63) is 53.4 Å². The fourth-order valence-corrected chi connectivity index (χ4v) is 6.48. The molecule has 2 amide bonds. The zero-order chi connectivity index (χ0) is 32.7. The van der Waals surface area contributed by atoms with E-state index in [9.17, 15) is 23.5 Å². The van der Waals surface area contributed by atoms with Gasteiger partial charge in [0.15, 0.2) is 0 Å². The molecule has 44 heavy (non-hydrogen) atoms. The first-order valence-corrected chi connectivity index (χ1v) is 15.9. The van der Waals surface area contributed by atoms with Gasteiger partial charge in [0, 0.05) is 40.4 Å². The van der Waals surface area contributed by atoms with Gasteiger partial charge in [-0.05, 0) is 71.9 Å². The molecule has 0 aliphatic carbocycles. The summed E-state index contributed by atoms with van der Waals surface area (Å²) < 4.78 is 30.7. The second kappa shape index (κ2) is 11.7. The molecule has 2 heterocycles. The Morgan fingerprint density at radius 2 is 1.61 bits per heavy atom. The number of ether oxygens (including phenoxy) is 2. The van der Waals surface area contributed by atoms with Crippen molar-refractivity contribution >= 4 is 44.4 Å². The summed E-state index contributed by atoms with van der Waals surface area (Å²) in [6.45, 7) is 12.0. The van der Waals surface area contributed by atoms with E-state index in [2.05, 4.69) is 9.54 Å². The number of benzene rings is 2. The molecule has 12 nitrogen and oxygen atoms in total. The second-order valence-electron chi connectivity index (χ2n) is 12.9. The fraction of sp³-hybridized carbons (Fsp3) is 0.452. The van der Waals surface area contributed by atoms with Gasteiger partial charge in [-0.3, -0.25) is 4.79 Å². The lowest BCUT2D eigenvalue weighted by Gasteiger charge is -2.48. The predicted molar refractivity (Wildman–Crippen MR) is 169 cm³/mol. The molecule has 1 fully saturated rings. The summed E-state index contributed by atoms with van der Waals surface area (Å²) >= 11 is 0. The molecule has 4 rings (SSSR count). The molecule has 1 aromatic heterocycles. The molecule has 3 aromatic rings. The van der Waals surface area contributed by atoms with Crippen molar-refractivity contribution < 1.29 is 28.1 Å². The van der Waals surface area contributed by atoms with Gasteiger partial charge in [0.1, 0.15) is 16.6 Å². The van der Waals surface area contributed by atoms with Crippen LogP contribution in [-0.2, 0) is 24.0 Å².